The van der Waals surface area contributed by atoms with E-state index in [-0.39, 0.29) is 5.91 Å². The first-order chi connectivity index (χ1) is 9.24. The van der Waals surface area contributed by atoms with Crippen molar-refractivity contribution in [2.75, 3.05) is 17.2 Å². The Labute approximate surface area is 112 Å². The number of carbonyl (C=O) groups is 1. The molecule has 0 aliphatic rings. The van der Waals surface area contributed by atoms with Crippen molar-refractivity contribution in [2.45, 2.75) is 13.3 Å². The second-order valence-corrected chi connectivity index (χ2v) is 4.15. The third-order valence-corrected chi connectivity index (χ3v) is 2.75. The number of anilines is 2. The number of para-hydroxylation sites is 2. The number of aromatic nitrogens is 2. The molecular weight excluding hydrogens is 240 g/mol. The van der Waals surface area contributed by atoms with Gasteiger partial charge < -0.3 is 10.6 Å². The maximum atomic E-state index is 12.5. The average molecular weight is 256 g/mol. The predicted octanol–water partition coefficient (Wildman–Crippen LogP) is 2.12. The average Bonchev–Trinajstić information content (AvgIpc) is 2.46. The molecule has 2 rings (SSSR count). The number of rotatable bonds is 4. The highest BCUT2D eigenvalue weighted by Crippen LogP contribution is 2.24. The van der Waals surface area contributed by atoms with Crippen LogP contribution in [0.3, 0.4) is 0 Å². The van der Waals surface area contributed by atoms with Gasteiger partial charge in [0.05, 0.1) is 29.3 Å². The Bertz CT molecular complexity index is 556. The maximum absolute atomic E-state index is 12.5. The van der Waals surface area contributed by atoms with Crippen molar-refractivity contribution < 1.29 is 4.79 Å². The van der Waals surface area contributed by atoms with E-state index in [0.29, 0.717) is 17.8 Å². The SMILES string of the molecule is CCCN(C(=O)c1ccnnc1)c1ccccc1N. The molecule has 0 saturated carbocycles. The molecule has 98 valence electrons. The van der Waals surface area contributed by atoms with Gasteiger partial charge in [-0.15, -0.1) is 0 Å². The highest BCUT2D eigenvalue weighted by molar-refractivity contribution is 6.07. The summed E-state index contributed by atoms with van der Waals surface area (Å²) in [5.41, 5.74) is 7.77. The Balaban J connectivity index is 2.36. The summed E-state index contributed by atoms with van der Waals surface area (Å²) < 4.78 is 0. The van der Waals surface area contributed by atoms with Gasteiger partial charge in [0.1, 0.15) is 0 Å². The number of hydrogen-bond acceptors (Lipinski definition) is 4. The summed E-state index contributed by atoms with van der Waals surface area (Å²) in [4.78, 5) is 14.2. The molecule has 0 aliphatic heterocycles. The van der Waals surface area contributed by atoms with Crippen molar-refractivity contribution in [2.24, 2.45) is 0 Å². The second kappa shape index (κ2) is 5.95. The number of nitrogen functional groups attached to an aromatic ring is 1. The third-order valence-electron chi connectivity index (χ3n) is 2.75. The predicted molar refractivity (Wildman–Crippen MR) is 74.9 cm³/mol. The molecule has 2 N–H and O–H groups in total. The van der Waals surface area contributed by atoms with Crippen LogP contribution >= 0.6 is 0 Å². The van der Waals surface area contributed by atoms with E-state index in [1.54, 1.807) is 17.0 Å². The Morgan fingerprint density at radius 2 is 2.05 bits per heavy atom. The zero-order valence-corrected chi connectivity index (χ0v) is 10.8. The van der Waals surface area contributed by atoms with Crippen LogP contribution in [0, 0.1) is 0 Å². The summed E-state index contributed by atoms with van der Waals surface area (Å²) in [6.07, 6.45) is 3.81. The molecule has 0 spiro atoms. The zero-order valence-electron chi connectivity index (χ0n) is 10.8. The van der Waals surface area contributed by atoms with Crippen LogP contribution in [-0.2, 0) is 0 Å². The lowest BCUT2D eigenvalue weighted by Crippen LogP contribution is -2.32. The lowest BCUT2D eigenvalue weighted by Gasteiger charge is -2.23. The van der Waals surface area contributed by atoms with E-state index < -0.39 is 0 Å². The van der Waals surface area contributed by atoms with Crippen LogP contribution in [0.15, 0.2) is 42.7 Å². The number of benzene rings is 1. The number of nitrogens with zero attached hydrogens (tertiary/aromatic N) is 3. The molecule has 0 saturated heterocycles. The van der Waals surface area contributed by atoms with Crippen LogP contribution in [0.1, 0.15) is 23.7 Å². The molecule has 0 radical (unpaired) electrons. The van der Waals surface area contributed by atoms with E-state index in [1.807, 2.05) is 25.1 Å². The highest BCUT2D eigenvalue weighted by Gasteiger charge is 2.18. The van der Waals surface area contributed by atoms with E-state index in [1.165, 1.54) is 12.4 Å². The van der Waals surface area contributed by atoms with E-state index in [0.717, 1.165) is 12.1 Å². The minimum atomic E-state index is -0.116. The van der Waals surface area contributed by atoms with Gasteiger partial charge in [0, 0.05) is 6.54 Å². The van der Waals surface area contributed by atoms with Gasteiger partial charge in [-0.05, 0) is 24.6 Å². The fraction of sp³-hybridized carbons (Fsp3) is 0.214. The first-order valence-electron chi connectivity index (χ1n) is 6.17. The monoisotopic (exact) mass is 256 g/mol. The van der Waals surface area contributed by atoms with Crippen molar-refractivity contribution >= 4 is 17.3 Å². The van der Waals surface area contributed by atoms with Crippen molar-refractivity contribution in [3.05, 3.63) is 48.3 Å². The minimum Gasteiger partial charge on any atom is -0.397 e. The normalized spacial score (nSPS) is 10.2. The Kier molecular flexibility index (Phi) is 4.07. The van der Waals surface area contributed by atoms with Crippen molar-refractivity contribution in [1.82, 2.24) is 10.2 Å². The smallest absolute Gasteiger partial charge is 0.260 e. The Hall–Kier alpha value is -2.43. The quantitative estimate of drug-likeness (QED) is 0.850. The van der Waals surface area contributed by atoms with Gasteiger partial charge in [0.2, 0.25) is 0 Å². The van der Waals surface area contributed by atoms with Gasteiger partial charge >= 0.3 is 0 Å². The molecule has 1 aromatic heterocycles. The number of nitrogens with two attached hydrogens (primary N) is 1. The summed E-state index contributed by atoms with van der Waals surface area (Å²) in [5.74, 6) is -0.116. The van der Waals surface area contributed by atoms with Crippen LogP contribution in [0.2, 0.25) is 0 Å². The summed E-state index contributed by atoms with van der Waals surface area (Å²) in [7, 11) is 0. The van der Waals surface area contributed by atoms with E-state index in [9.17, 15) is 4.79 Å². The van der Waals surface area contributed by atoms with E-state index in [4.69, 9.17) is 5.73 Å². The van der Waals surface area contributed by atoms with E-state index in [2.05, 4.69) is 10.2 Å². The summed E-state index contributed by atoms with van der Waals surface area (Å²) in [6, 6.07) is 9.00. The maximum Gasteiger partial charge on any atom is 0.260 e. The minimum absolute atomic E-state index is 0.116. The summed E-state index contributed by atoms with van der Waals surface area (Å²) >= 11 is 0. The lowest BCUT2D eigenvalue weighted by molar-refractivity contribution is 0.0986. The molecule has 5 nitrogen and oxygen atoms in total. The fourth-order valence-electron chi connectivity index (χ4n) is 1.86. The number of amides is 1. The molecule has 0 fully saturated rings. The summed E-state index contributed by atoms with van der Waals surface area (Å²) in [6.45, 7) is 2.62. The first-order valence-corrected chi connectivity index (χ1v) is 6.17. The molecule has 2 aromatic rings. The molecule has 0 aliphatic carbocycles. The van der Waals surface area contributed by atoms with E-state index >= 15 is 0 Å². The molecule has 19 heavy (non-hydrogen) atoms. The number of hydrogen-bond donors (Lipinski definition) is 1. The largest absolute Gasteiger partial charge is 0.397 e. The van der Waals surface area contributed by atoms with Gasteiger partial charge in [0.15, 0.2) is 0 Å². The highest BCUT2D eigenvalue weighted by atomic mass is 16.2. The molecule has 5 heteroatoms. The second-order valence-electron chi connectivity index (χ2n) is 4.15. The molecular formula is C14H16N4O. The van der Waals surface area contributed by atoms with Gasteiger partial charge in [0.25, 0.3) is 5.91 Å². The zero-order chi connectivity index (χ0) is 13.7. The van der Waals surface area contributed by atoms with Crippen molar-refractivity contribution in [3.8, 4) is 0 Å². The fourth-order valence-corrected chi connectivity index (χ4v) is 1.86. The molecule has 1 amide bonds. The molecule has 0 unspecified atom stereocenters. The third kappa shape index (κ3) is 2.88. The van der Waals surface area contributed by atoms with Gasteiger partial charge in [-0.1, -0.05) is 19.1 Å². The van der Waals surface area contributed by atoms with Crippen molar-refractivity contribution in [1.29, 1.82) is 0 Å². The molecule has 1 aromatic carbocycles. The molecule has 1 heterocycles. The summed E-state index contributed by atoms with van der Waals surface area (Å²) in [5, 5.41) is 7.41. The Morgan fingerprint density at radius 1 is 1.26 bits per heavy atom. The standard InChI is InChI=1S/C14H16N4O/c1-2-9-18(13-6-4-3-5-12(13)15)14(19)11-7-8-16-17-10-11/h3-8,10H,2,9,15H2,1H3. The first kappa shape index (κ1) is 13.0. The molecule has 0 atom stereocenters. The number of carbonyl (C=O) groups excluding carboxylic acids is 1. The topological polar surface area (TPSA) is 72.1 Å². The van der Waals surface area contributed by atoms with Gasteiger partial charge in [-0.3, -0.25) is 4.79 Å². The van der Waals surface area contributed by atoms with Crippen LogP contribution in [0.5, 0.6) is 0 Å². The Morgan fingerprint density at radius 3 is 2.68 bits per heavy atom. The lowest BCUT2D eigenvalue weighted by atomic mass is 10.2. The van der Waals surface area contributed by atoms with Crippen LogP contribution in [-0.4, -0.2) is 22.6 Å². The van der Waals surface area contributed by atoms with Gasteiger partial charge in [-0.25, -0.2) is 0 Å². The molecule has 0 bridgehead atoms. The van der Waals surface area contributed by atoms with Crippen LogP contribution < -0.4 is 10.6 Å². The van der Waals surface area contributed by atoms with Gasteiger partial charge in [-0.2, -0.15) is 10.2 Å². The van der Waals surface area contributed by atoms with Crippen LogP contribution in [0.25, 0.3) is 0 Å². The van der Waals surface area contributed by atoms with Crippen LogP contribution in [0.4, 0.5) is 11.4 Å². The van der Waals surface area contributed by atoms with Crippen molar-refractivity contribution in [3.63, 3.8) is 0 Å².